The number of nitrogens with one attached hydrogen (secondary N) is 1. The first-order valence-corrected chi connectivity index (χ1v) is 5.80. The minimum atomic E-state index is -0.152. The van der Waals surface area contributed by atoms with Crippen LogP contribution in [0.1, 0.15) is 6.42 Å². The summed E-state index contributed by atoms with van der Waals surface area (Å²) in [6, 6.07) is 14.1. The van der Waals surface area contributed by atoms with E-state index in [1.54, 1.807) is 0 Å². The summed E-state index contributed by atoms with van der Waals surface area (Å²) in [4.78, 5) is 11.5. The van der Waals surface area contributed by atoms with Gasteiger partial charge in [-0.3, -0.25) is 4.79 Å². The van der Waals surface area contributed by atoms with E-state index < -0.39 is 0 Å². The van der Waals surface area contributed by atoms with Gasteiger partial charge in [-0.1, -0.05) is 36.4 Å². The van der Waals surface area contributed by atoms with E-state index in [9.17, 15) is 4.79 Å². The molecule has 85 valence electrons. The number of carbonyl (C=O) groups excluding carboxylic acids is 1. The number of nitrogens with zero attached hydrogens (tertiary/aromatic N) is 1. The van der Waals surface area contributed by atoms with Crippen LogP contribution in [-0.2, 0) is 4.79 Å². The van der Waals surface area contributed by atoms with Crippen molar-refractivity contribution in [3.8, 4) is 0 Å². The van der Waals surface area contributed by atoms with Gasteiger partial charge >= 0.3 is 0 Å². The van der Waals surface area contributed by atoms with Gasteiger partial charge in [-0.15, -0.1) is 0 Å². The Morgan fingerprint density at radius 2 is 1.94 bits per heavy atom. The highest BCUT2D eigenvalue weighted by molar-refractivity contribution is 5.96. The molecule has 1 amide bonds. The number of anilines is 1. The molecule has 17 heavy (non-hydrogen) atoms. The lowest BCUT2D eigenvalue weighted by atomic mass is 10.1. The van der Waals surface area contributed by atoms with Crippen LogP contribution in [0.4, 0.5) is 5.69 Å². The molecule has 3 heteroatoms. The van der Waals surface area contributed by atoms with Crippen LogP contribution in [0.3, 0.4) is 0 Å². The Balaban J connectivity index is 1.97. The van der Waals surface area contributed by atoms with Crippen LogP contribution in [0.15, 0.2) is 42.5 Å². The summed E-state index contributed by atoms with van der Waals surface area (Å²) < 4.78 is 0. The lowest BCUT2D eigenvalue weighted by Crippen LogP contribution is -2.26. The molecule has 0 aliphatic carbocycles. The molecule has 0 spiro atoms. The summed E-state index contributed by atoms with van der Waals surface area (Å²) in [5.74, 6) is -0.0297. The van der Waals surface area contributed by atoms with Crippen molar-refractivity contribution in [2.75, 3.05) is 11.9 Å². The van der Waals surface area contributed by atoms with Crippen molar-refractivity contribution in [2.45, 2.75) is 12.5 Å². The first-order chi connectivity index (χ1) is 8.34. The van der Waals surface area contributed by atoms with Gasteiger partial charge in [0, 0.05) is 17.6 Å². The fourth-order valence-corrected chi connectivity index (χ4v) is 2.21. The van der Waals surface area contributed by atoms with Gasteiger partial charge in [0.1, 0.15) is 6.04 Å². The number of benzene rings is 2. The third-order valence-corrected chi connectivity index (χ3v) is 3.10. The van der Waals surface area contributed by atoms with Gasteiger partial charge in [0.15, 0.2) is 0 Å². The lowest BCUT2D eigenvalue weighted by Gasteiger charge is -2.13. The normalized spacial score (nSPS) is 19.3. The lowest BCUT2D eigenvalue weighted by molar-refractivity contribution is -0.120. The number of fused-ring (bicyclic) bond motifs is 1. The van der Waals surface area contributed by atoms with Crippen LogP contribution in [0.5, 0.6) is 0 Å². The molecule has 1 heterocycles. The molecule has 1 saturated heterocycles. The van der Waals surface area contributed by atoms with E-state index in [1.165, 1.54) is 5.39 Å². The summed E-state index contributed by atoms with van der Waals surface area (Å²) in [5.41, 5.74) is 1.01. The fourth-order valence-electron chi connectivity index (χ4n) is 2.21. The molecule has 3 rings (SSSR count). The monoisotopic (exact) mass is 225 g/mol. The molecular weight excluding hydrogens is 212 g/mol. The van der Waals surface area contributed by atoms with Gasteiger partial charge in [0.05, 0.1) is 0 Å². The van der Waals surface area contributed by atoms with E-state index in [0.717, 1.165) is 17.5 Å². The topological polar surface area (TPSA) is 43.2 Å². The SMILES string of the molecule is O=C1[N]CCC1Nc1cccc2ccccc12. The summed E-state index contributed by atoms with van der Waals surface area (Å²) >= 11 is 0. The van der Waals surface area contributed by atoms with Gasteiger partial charge in [-0.25, -0.2) is 5.32 Å². The maximum atomic E-state index is 11.5. The summed E-state index contributed by atoms with van der Waals surface area (Å²) in [5, 5.41) is 9.51. The quantitative estimate of drug-likeness (QED) is 0.851. The number of rotatable bonds is 2. The van der Waals surface area contributed by atoms with Crippen LogP contribution in [0, 0.1) is 0 Å². The van der Waals surface area contributed by atoms with Crippen LogP contribution < -0.4 is 10.6 Å². The van der Waals surface area contributed by atoms with E-state index in [4.69, 9.17) is 0 Å². The van der Waals surface area contributed by atoms with Gasteiger partial charge in [0.25, 0.3) is 5.91 Å². The number of hydrogen-bond donors (Lipinski definition) is 1. The smallest absolute Gasteiger partial charge is 0.263 e. The maximum absolute atomic E-state index is 11.5. The van der Waals surface area contributed by atoms with E-state index in [2.05, 4.69) is 28.8 Å². The Morgan fingerprint density at radius 1 is 1.12 bits per heavy atom. The van der Waals surface area contributed by atoms with E-state index >= 15 is 0 Å². The Hall–Kier alpha value is -2.03. The van der Waals surface area contributed by atoms with Crippen LogP contribution in [0.25, 0.3) is 10.8 Å². The predicted molar refractivity (Wildman–Crippen MR) is 68.0 cm³/mol. The highest BCUT2D eigenvalue weighted by atomic mass is 16.2. The van der Waals surface area contributed by atoms with Crippen LogP contribution in [0.2, 0.25) is 0 Å². The first kappa shape index (κ1) is 10.1. The summed E-state index contributed by atoms with van der Waals surface area (Å²) in [6.07, 6.45) is 0.794. The molecule has 1 N–H and O–H groups in total. The third-order valence-electron chi connectivity index (χ3n) is 3.10. The molecule has 3 nitrogen and oxygen atoms in total. The Kier molecular flexibility index (Phi) is 2.44. The summed E-state index contributed by atoms with van der Waals surface area (Å²) in [7, 11) is 0. The Labute approximate surface area is 99.8 Å². The first-order valence-electron chi connectivity index (χ1n) is 5.80. The van der Waals surface area contributed by atoms with Crippen LogP contribution >= 0.6 is 0 Å². The molecule has 1 radical (unpaired) electrons. The zero-order chi connectivity index (χ0) is 11.7. The largest absolute Gasteiger partial charge is 0.373 e. The Bertz CT molecular complexity index is 560. The van der Waals surface area contributed by atoms with Gasteiger partial charge in [0.2, 0.25) is 0 Å². The van der Waals surface area contributed by atoms with Crippen molar-refractivity contribution in [3.05, 3.63) is 42.5 Å². The van der Waals surface area contributed by atoms with Crippen molar-refractivity contribution in [1.82, 2.24) is 5.32 Å². The van der Waals surface area contributed by atoms with Crippen molar-refractivity contribution in [1.29, 1.82) is 0 Å². The van der Waals surface area contributed by atoms with E-state index in [1.807, 2.05) is 24.3 Å². The van der Waals surface area contributed by atoms with Crippen molar-refractivity contribution in [2.24, 2.45) is 0 Å². The predicted octanol–water partition coefficient (Wildman–Crippen LogP) is 2.16. The minimum Gasteiger partial charge on any atom is -0.373 e. The van der Waals surface area contributed by atoms with Gasteiger partial charge in [-0.05, 0) is 17.9 Å². The molecule has 0 aromatic heterocycles. The fraction of sp³-hybridized carbons (Fsp3) is 0.214. The molecule has 1 aliphatic heterocycles. The third kappa shape index (κ3) is 1.84. The highest BCUT2D eigenvalue weighted by Crippen LogP contribution is 2.24. The molecule has 2 aromatic carbocycles. The molecule has 0 bridgehead atoms. The van der Waals surface area contributed by atoms with Gasteiger partial charge < -0.3 is 5.32 Å². The Morgan fingerprint density at radius 3 is 2.76 bits per heavy atom. The van der Waals surface area contributed by atoms with E-state index in [-0.39, 0.29) is 11.9 Å². The molecular formula is C14H13N2O. The standard InChI is InChI=1S/C14H13N2O/c17-14-13(8-9-15-14)16-12-7-3-5-10-4-1-2-6-11(10)12/h1-7,13,16H,8-9H2. The van der Waals surface area contributed by atoms with Crippen molar-refractivity contribution in [3.63, 3.8) is 0 Å². The molecule has 2 aromatic rings. The van der Waals surface area contributed by atoms with E-state index in [0.29, 0.717) is 6.54 Å². The molecule has 1 fully saturated rings. The average molecular weight is 225 g/mol. The number of amides is 1. The summed E-state index contributed by atoms with van der Waals surface area (Å²) in [6.45, 7) is 0.640. The minimum absolute atomic E-state index is 0.0297. The molecule has 1 atom stereocenters. The molecule has 1 unspecified atom stereocenters. The van der Waals surface area contributed by atoms with Gasteiger partial charge in [-0.2, -0.15) is 0 Å². The van der Waals surface area contributed by atoms with Crippen LogP contribution in [-0.4, -0.2) is 18.5 Å². The second kappa shape index (κ2) is 4.09. The van der Waals surface area contributed by atoms with Crippen molar-refractivity contribution >= 4 is 22.4 Å². The zero-order valence-electron chi connectivity index (χ0n) is 9.39. The second-order valence-electron chi connectivity index (χ2n) is 4.23. The molecule has 1 aliphatic rings. The maximum Gasteiger partial charge on any atom is 0.263 e. The molecule has 0 saturated carbocycles. The zero-order valence-corrected chi connectivity index (χ0v) is 9.39. The second-order valence-corrected chi connectivity index (χ2v) is 4.23. The highest BCUT2D eigenvalue weighted by Gasteiger charge is 2.25. The average Bonchev–Trinajstić information content (AvgIpc) is 2.76. The number of carbonyl (C=O) groups is 1. The van der Waals surface area contributed by atoms with Crippen molar-refractivity contribution < 1.29 is 4.79 Å². The number of hydrogen-bond acceptors (Lipinski definition) is 2.